The number of rotatable bonds is 12. The standard InChI is InChI=1S/C43H70O11/c1-15-38(6)20-16-29-40(8,28(17-21-41(29,9)53-38)37(4,5)35(48)51-14)25-33(46)52-26-31(44)43(11)23-19-30-39(7,24-32(45)49-12)27(18-22-42(30,10)54-43)36(2,3)34(47)50-13/h15,27-31,44H,1,16-26H2,2-14H3/t27-,28-,29+,30+,31-,38+,39-,40-,41+,42+,43-/m1/s1. The van der Waals surface area contributed by atoms with Gasteiger partial charge in [0.15, 0.2) is 0 Å². The van der Waals surface area contributed by atoms with Gasteiger partial charge in [-0.3, -0.25) is 19.2 Å². The molecule has 0 bridgehead atoms. The molecule has 0 unspecified atom stereocenters. The number of hydrogen-bond donors (Lipinski definition) is 1. The lowest BCUT2D eigenvalue weighted by molar-refractivity contribution is -0.284. The van der Waals surface area contributed by atoms with Crippen molar-refractivity contribution in [1.29, 1.82) is 0 Å². The Kier molecular flexibility index (Phi) is 12.4. The summed E-state index contributed by atoms with van der Waals surface area (Å²) >= 11 is 0. The smallest absolute Gasteiger partial charge is 0.311 e. The van der Waals surface area contributed by atoms with Crippen LogP contribution in [-0.4, -0.2) is 85.4 Å². The molecule has 2 aliphatic heterocycles. The second-order valence-corrected chi connectivity index (χ2v) is 19.6. The second-order valence-electron chi connectivity index (χ2n) is 19.6. The Hall–Kier alpha value is -2.50. The summed E-state index contributed by atoms with van der Waals surface area (Å²) in [5, 5.41) is 11.7. The first-order valence-corrected chi connectivity index (χ1v) is 19.9. The van der Waals surface area contributed by atoms with Gasteiger partial charge >= 0.3 is 23.9 Å². The number of carbonyl (C=O) groups excluding carboxylic acids is 4. The fourth-order valence-electron chi connectivity index (χ4n) is 12.4. The quantitative estimate of drug-likeness (QED) is 0.123. The number of carbonyl (C=O) groups is 4. The van der Waals surface area contributed by atoms with Crippen LogP contribution in [0.3, 0.4) is 0 Å². The van der Waals surface area contributed by atoms with E-state index < -0.39 is 56.1 Å². The molecule has 2 heterocycles. The average Bonchev–Trinajstić information content (AvgIpc) is 3.08. The van der Waals surface area contributed by atoms with E-state index in [9.17, 15) is 24.3 Å². The van der Waals surface area contributed by atoms with E-state index in [1.807, 2.05) is 61.5 Å². The number of hydrogen-bond acceptors (Lipinski definition) is 11. The van der Waals surface area contributed by atoms with Crippen molar-refractivity contribution in [2.24, 2.45) is 45.3 Å². The summed E-state index contributed by atoms with van der Waals surface area (Å²) in [6.45, 7) is 23.5. The zero-order valence-corrected chi connectivity index (χ0v) is 35.5. The van der Waals surface area contributed by atoms with Crippen LogP contribution in [-0.2, 0) is 47.6 Å². The van der Waals surface area contributed by atoms with Crippen molar-refractivity contribution in [3.05, 3.63) is 12.7 Å². The Morgan fingerprint density at radius 2 is 1.15 bits per heavy atom. The molecule has 308 valence electrons. The Bertz CT molecular complexity index is 1460. The molecule has 11 nitrogen and oxygen atoms in total. The third-order valence-electron chi connectivity index (χ3n) is 15.3. The van der Waals surface area contributed by atoms with Crippen molar-refractivity contribution in [3.8, 4) is 0 Å². The zero-order valence-electron chi connectivity index (χ0n) is 35.5. The largest absolute Gasteiger partial charge is 0.469 e. The molecule has 2 saturated carbocycles. The minimum Gasteiger partial charge on any atom is -0.469 e. The summed E-state index contributed by atoms with van der Waals surface area (Å²) in [4.78, 5) is 53.1. The van der Waals surface area contributed by atoms with Gasteiger partial charge in [0.05, 0.1) is 67.4 Å². The summed E-state index contributed by atoms with van der Waals surface area (Å²) in [6.07, 6.45) is 6.05. The van der Waals surface area contributed by atoms with Gasteiger partial charge in [-0.05, 0) is 141 Å². The van der Waals surface area contributed by atoms with E-state index in [1.54, 1.807) is 0 Å². The highest BCUT2D eigenvalue weighted by Crippen LogP contribution is 2.64. The number of aliphatic hydroxyl groups excluding tert-OH is 1. The lowest BCUT2D eigenvalue weighted by atomic mass is 9.47. The highest BCUT2D eigenvalue weighted by Gasteiger charge is 2.65. The van der Waals surface area contributed by atoms with Crippen molar-refractivity contribution < 1.29 is 52.7 Å². The molecule has 0 amide bonds. The molecule has 0 spiro atoms. The van der Waals surface area contributed by atoms with Gasteiger partial charge in [-0.15, -0.1) is 6.58 Å². The zero-order chi connectivity index (χ0) is 40.9. The molecule has 2 saturated heterocycles. The van der Waals surface area contributed by atoms with Gasteiger partial charge in [0.25, 0.3) is 0 Å². The van der Waals surface area contributed by atoms with Crippen LogP contribution in [0.25, 0.3) is 0 Å². The molecular formula is C43H70O11. The van der Waals surface area contributed by atoms with Crippen LogP contribution in [0.15, 0.2) is 12.7 Å². The van der Waals surface area contributed by atoms with Crippen LogP contribution >= 0.6 is 0 Å². The van der Waals surface area contributed by atoms with E-state index in [0.717, 1.165) is 19.3 Å². The Morgan fingerprint density at radius 1 is 0.704 bits per heavy atom. The van der Waals surface area contributed by atoms with Gasteiger partial charge in [0, 0.05) is 0 Å². The van der Waals surface area contributed by atoms with Crippen LogP contribution in [0.4, 0.5) is 0 Å². The van der Waals surface area contributed by atoms with Gasteiger partial charge in [-0.2, -0.15) is 0 Å². The molecule has 0 radical (unpaired) electrons. The number of fused-ring (bicyclic) bond motifs is 2. The first-order valence-electron chi connectivity index (χ1n) is 19.9. The van der Waals surface area contributed by atoms with Crippen molar-refractivity contribution >= 4 is 23.9 Å². The lowest BCUT2D eigenvalue weighted by Crippen LogP contribution is -2.65. The molecule has 0 aromatic rings. The molecule has 11 atom stereocenters. The monoisotopic (exact) mass is 762 g/mol. The molecule has 2 aliphatic carbocycles. The third-order valence-corrected chi connectivity index (χ3v) is 15.3. The Balaban J connectivity index is 1.54. The van der Waals surface area contributed by atoms with Crippen LogP contribution in [0.5, 0.6) is 0 Å². The normalized spacial score (nSPS) is 40.3. The maximum absolute atomic E-state index is 14.0. The van der Waals surface area contributed by atoms with Crippen LogP contribution in [0.2, 0.25) is 0 Å². The minimum atomic E-state index is -1.13. The number of esters is 4. The van der Waals surface area contributed by atoms with Gasteiger partial charge in [-0.25, -0.2) is 0 Å². The highest BCUT2D eigenvalue weighted by atomic mass is 16.6. The first-order chi connectivity index (χ1) is 24.8. The van der Waals surface area contributed by atoms with Crippen molar-refractivity contribution in [3.63, 3.8) is 0 Å². The van der Waals surface area contributed by atoms with Crippen LogP contribution < -0.4 is 0 Å². The number of ether oxygens (including phenoxy) is 6. The first kappa shape index (κ1) is 44.2. The molecule has 11 heteroatoms. The van der Waals surface area contributed by atoms with Crippen LogP contribution in [0.1, 0.15) is 133 Å². The summed E-state index contributed by atoms with van der Waals surface area (Å²) in [5.74, 6) is -2.03. The Labute approximate surface area is 323 Å². The number of methoxy groups -OCH3 is 3. The van der Waals surface area contributed by atoms with E-state index in [2.05, 4.69) is 20.4 Å². The molecular weight excluding hydrogens is 692 g/mol. The maximum atomic E-state index is 14.0. The summed E-state index contributed by atoms with van der Waals surface area (Å²) in [7, 11) is 4.15. The summed E-state index contributed by atoms with van der Waals surface area (Å²) < 4.78 is 35.3. The third kappa shape index (κ3) is 7.63. The molecule has 1 N–H and O–H groups in total. The SMILES string of the molecule is C=C[C@@]1(C)CC[C@H]2[C@](C)(CC(=O)OC[C@@H](O)[C@@]3(C)CC[C@H]4[C@](C)(CC(=O)OC)[C@@H](C(C)(C)C(=O)OC)CC[C@]4(C)O3)[C@@H](C(C)(C)C(=O)OC)CC[C@]2(C)O1. The molecule has 4 rings (SSSR count). The maximum Gasteiger partial charge on any atom is 0.311 e. The van der Waals surface area contributed by atoms with Gasteiger partial charge in [-0.1, -0.05) is 19.9 Å². The van der Waals surface area contributed by atoms with E-state index in [-0.39, 0.29) is 61.0 Å². The van der Waals surface area contributed by atoms with Crippen molar-refractivity contribution in [2.75, 3.05) is 27.9 Å². The highest BCUT2D eigenvalue weighted by molar-refractivity contribution is 5.77. The van der Waals surface area contributed by atoms with E-state index in [0.29, 0.717) is 32.1 Å². The fraction of sp³-hybridized carbons (Fsp3) is 0.860. The minimum absolute atomic E-state index is 0.0415. The molecule has 0 aromatic carbocycles. The van der Waals surface area contributed by atoms with E-state index in [1.165, 1.54) is 21.3 Å². The predicted octanol–water partition coefficient (Wildman–Crippen LogP) is 7.15. The fourth-order valence-corrected chi connectivity index (χ4v) is 12.4. The van der Waals surface area contributed by atoms with Gasteiger partial charge in [0.1, 0.15) is 12.7 Å². The van der Waals surface area contributed by atoms with Gasteiger partial charge < -0.3 is 33.5 Å². The van der Waals surface area contributed by atoms with Crippen molar-refractivity contribution in [1.82, 2.24) is 0 Å². The number of aliphatic hydroxyl groups is 1. The van der Waals surface area contributed by atoms with Gasteiger partial charge in [0.2, 0.25) is 0 Å². The molecule has 0 aromatic heterocycles. The lowest BCUT2D eigenvalue weighted by Gasteiger charge is -2.63. The van der Waals surface area contributed by atoms with E-state index in [4.69, 9.17) is 28.4 Å². The molecule has 4 aliphatic rings. The topological polar surface area (TPSA) is 144 Å². The summed E-state index contributed by atoms with van der Waals surface area (Å²) in [6, 6.07) is 0. The van der Waals surface area contributed by atoms with Crippen LogP contribution in [0, 0.1) is 45.3 Å². The second kappa shape index (κ2) is 15.1. The van der Waals surface area contributed by atoms with Crippen molar-refractivity contribution in [2.45, 2.75) is 162 Å². The average molecular weight is 763 g/mol. The predicted molar refractivity (Wildman–Crippen MR) is 203 cm³/mol. The molecule has 54 heavy (non-hydrogen) atoms. The molecule has 4 fully saturated rings. The Morgan fingerprint density at radius 3 is 1.59 bits per heavy atom. The summed E-state index contributed by atoms with van der Waals surface area (Å²) in [5.41, 5.74) is -5.88. The van der Waals surface area contributed by atoms with E-state index >= 15 is 0 Å².